The first-order valence-electron chi connectivity index (χ1n) is 7.63. The third-order valence-corrected chi connectivity index (χ3v) is 4.34. The van der Waals surface area contributed by atoms with Crippen molar-refractivity contribution in [3.63, 3.8) is 0 Å². The van der Waals surface area contributed by atoms with E-state index in [1.165, 1.54) is 0 Å². The molecule has 114 valence electrons. The van der Waals surface area contributed by atoms with Gasteiger partial charge in [-0.25, -0.2) is 0 Å². The van der Waals surface area contributed by atoms with Gasteiger partial charge in [0.15, 0.2) is 11.5 Å². The number of hydrogen-bond acceptors (Lipinski definition) is 4. The maximum absolute atomic E-state index is 6.10. The third-order valence-electron chi connectivity index (χ3n) is 4.34. The Hall–Kier alpha value is -2.75. The molecule has 2 aliphatic heterocycles. The number of rotatable bonds is 0. The summed E-state index contributed by atoms with van der Waals surface area (Å²) in [5.74, 6) is 2.44. The van der Waals surface area contributed by atoms with Gasteiger partial charge >= 0.3 is 0 Å². The maximum Gasteiger partial charge on any atom is 0.231 e. The van der Waals surface area contributed by atoms with Gasteiger partial charge in [0.25, 0.3) is 0 Å². The molecule has 0 amide bonds. The van der Waals surface area contributed by atoms with Gasteiger partial charge < -0.3 is 14.2 Å². The van der Waals surface area contributed by atoms with Gasteiger partial charge in [-0.1, -0.05) is 6.08 Å². The fourth-order valence-electron chi connectivity index (χ4n) is 3.17. The Morgan fingerprint density at radius 2 is 1.74 bits per heavy atom. The first-order chi connectivity index (χ1) is 11.1. The predicted octanol–water partition coefficient (Wildman–Crippen LogP) is 4.30. The second-order valence-electron chi connectivity index (χ2n) is 6.50. The van der Waals surface area contributed by atoms with E-state index in [1.807, 2.05) is 18.3 Å². The molecule has 0 N–H and O–H groups in total. The van der Waals surface area contributed by atoms with Crippen molar-refractivity contribution in [1.29, 1.82) is 0 Å². The number of hydrogen-bond donors (Lipinski definition) is 0. The summed E-state index contributed by atoms with van der Waals surface area (Å²) < 4.78 is 17.1. The van der Waals surface area contributed by atoms with Gasteiger partial charge in [0.2, 0.25) is 6.79 Å². The van der Waals surface area contributed by atoms with Crippen LogP contribution < -0.4 is 14.2 Å². The lowest BCUT2D eigenvalue weighted by Crippen LogP contribution is -2.27. The van der Waals surface area contributed by atoms with Crippen LogP contribution in [0, 0.1) is 0 Å². The van der Waals surface area contributed by atoms with Crippen LogP contribution >= 0.6 is 0 Å². The Balaban J connectivity index is 1.82. The van der Waals surface area contributed by atoms with Crippen LogP contribution in [0.25, 0.3) is 27.8 Å². The van der Waals surface area contributed by atoms with Gasteiger partial charge in [-0.15, -0.1) is 0 Å². The van der Waals surface area contributed by atoms with Crippen LogP contribution in [0.4, 0.5) is 0 Å². The zero-order valence-electron chi connectivity index (χ0n) is 12.9. The van der Waals surface area contributed by atoms with Gasteiger partial charge in [-0.2, -0.15) is 0 Å². The smallest absolute Gasteiger partial charge is 0.231 e. The van der Waals surface area contributed by atoms with Crippen LogP contribution in [0.2, 0.25) is 0 Å². The maximum atomic E-state index is 6.10. The average molecular weight is 305 g/mol. The Morgan fingerprint density at radius 1 is 0.957 bits per heavy atom. The highest BCUT2D eigenvalue weighted by molar-refractivity contribution is 6.07. The molecule has 3 aromatic rings. The van der Waals surface area contributed by atoms with Crippen molar-refractivity contribution in [3.05, 3.63) is 42.1 Å². The van der Waals surface area contributed by atoms with E-state index in [1.54, 1.807) is 0 Å². The molecule has 0 fully saturated rings. The van der Waals surface area contributed by atoms with Crippen LogP contribution in [0.5, 0.6) is 17.2 Å². The summed E-state index contributed by atoms with van der Waals surface area (Å²) >= 11 is 0. The van der Waals surface area contributed by atoms with Crippen molar-refractivity contribution in [2.75, 3.05) is 6.79 Å². The number of aromatic nitrogens is 1. The van der Waals surface area contributed by atoms with Crippen LogP contribution in [0.15, 0.2) is 36.5 Å². The van der Waals surface area contributed by atoms with Gasteiger partial charge in [-0.05, 0) is 49.6 Å². The SMILES string of the molecule is CC1(C)C=Cc2cc3ncc4cc5c(cc4c3cc2O1)OCO5. The Kier molecular flexibility index (Phi) is 2.31. The van der Waals surface area contributed by atoms with Crippen LogP contribution in [-0.2, 0) is 0 Å². The molecular formula is C19H15NO3. The topological polar surface area (TPSA) is 40.6 Å². The quantitative estimate of drug-likeness (QED) is 0.581. The number of nitrogens with zero attached hydrogens (tertiary/aromatic N) is 1. The summed E-state index contributed by atoms with van der Waals surface area (Å²) in [6, 6.07) is 8.15. The molecular weight excluding hydrogens is 290 g/mol. The summed E-state index contributed by atoms with van der Waals surface area (Å²) in [5.41, 5.74) is 1.71. The van der Waals surface area contributed by atoms with E-state index in [2.05, 4.69) is 43.1 Å². The lowest BCUT2D eigenvalue weighted by molar-refractivity contribution is 0.159. The first kappa shape index (κ1) is 12.8. The molecule has 4 nitrogen and oxygen atoms in total. The molecule has 2 aromatic carbocycles. The largest absolute Gasteiger partial charge is 0.483 e. The minimum absolute atomic E-state index is 0.272. The molecule has 23 heavy (non-hydrogen) atoms. The molecule has 0 spiro atoms. The Morgan fingerprint density at radius 3 is 2.61 bits per heavy atom. The predicted molar refractivity (Wildman–Crippen MR) is 89.1 cm³/mol. The Labute approximate surface area is 133 Å². The minimum Gasteiger partial charge on any atom is -0.483 e. The highest BCUT2D eigenvalue weighted by atomic mass is 16.7. The Bertz CT molecular complexity index is 1000. The van der Waals surface area contributed by atoms with E-state index in [-0.39, 0.29) is 12.4 Å². The first-order valence-corrected chi connectivity index (χ1v) is 7.63. The molecule has 1 aromatic heterocycles. The summed E-state index contributed by atoms with van der Waals surface area (Å²) in [6.45, 7) is 4.38. The van der Waals surface area contributed by atoms with E-state index in [0.717, 1.165) is 44.5 Å². The van der Waals surface area contributed by atoms with E-state index >= 15 is 0 Å². The lowest BCUT2D eigenvalue weighted by atomic mass is 9.99. The van der Waals surface area contributed by atoms with Crippen molar-refractivity contribution in [1.82, 2.24) is 4.98 Å². The zero-order valence-corrected chi connectivity index (χ0v) is 12.9. The molecule has 0 radical (unpaired) electrons. The number of fused-ring (bicyclic) bond motifs is 5. The zero-order chi connectivity index (χ0) is 15.6. The van der Waals surface area contributed by atoms with Crippen molar-refractivity contribution < 1.29 is 14.2 Å². The van der Waals surface area contributed by atoms with Gasteiger partial charge in [0.1, 0.15) is 11.4 Å². The van der Waals surface area contributed by atoms with Crippen molar-refractivity contribution >= 4 is 27.8 Å². The highest BCUT2D eigenvalue weighted by Crippen LogP contribution is 2.40. The van der Waals surface area contributed by atoms with E-state index in [0.29, 0.717) is 0 Å². The molecule has 2 aliphatic rings. The molecule has 0 saturated heterocycles. The normalized spacial score (nSPS) is 17.3. The van der Waals surface area contributed by atoms with E-state index in [9.17, 15) is 0 Å². The highest BCUT2D eigenvalue weighted by Gasteiger charge is 2.23. The fourth-order valence-corrected chi connectivity index (χ4v) is 3.17. The number of pyridine rings is 1. The molecule has 0 aliphatic carbocycles. The fraction of sp³-hybridized carbons (Fsp3) is 0.211. The van der Waals surface area contributed by atoms with Crippen LogP contribution in [-0.4, -0.2) is 17.4 Å². The van der Waals surface area contributed by atoms with Gasteiger partial charge in [-0.3, -0.25) is 4.98 Å². The molecule has 3 heterocycles. The van der Waals surface area contributed by atoms with E-state index < -0.39 is 0 Å². The summed E-state index contributed by atoms with van der Waals surface area (Å²) in [6.07, 6.45) is 6.05. The van der Waals surface area contributed by atoms with Crippen molar-refractivity contribution in [2.24, 2.45) is 0 Å². The molecule has 0 bridgehead atoms. The molecule has 0 atom stereocenters. The third kappa shape index (κ3) is 1.88. The molecule has 0 unspecified atom stereocenters. The summed E-state index contributed by atoms with van der Waals surface area (Å²) in [5, 5.41) is 3.19. The molecule has 5 rings (SSSR count). The average Bonchev–Trinajstić information content (AvgIpc) is 2.97. The molecule has 4 heteroatoms. The second-order valence-corrected chi connectivity index (χ2v) is 6.50. The summed E-state index contributed by atoms with van der Waals surface area (Å²) in [4.78, 5) is 4.59. The van der Waals surface area contributed by atoms with Gasteiger partial charge in [0, 0.05) is 22.5 Å². The number of benzene rings is 2. The number of ether oxygens (including phenoxy) is 3. The van der Waals surface area contributed by atoms with Crippen molar-refractivity contribution in [3.8, 4) is 17.2 Å². The lowest BCUT2D eigenvalue weighted by Gasteiger charge is -2.28. The summed E-state index contributed by atoms with van der Waals surface area (Å²) in [7, 11) is 0. The minimum atomic E-state index is -0.295. The van der Waals surface area contributed by atoms with E-state index in [4.69, 9.17) is 14.2 Å². The standard InChI is InChI=1S/C19H15NO3/c1-19(2)4-3-11-5-15-14(8-16(11)23-19)13-7-18-17(21-10-22-18)6-12(13)9-20-15/h3-9H,10H2,1-2H3. The molecule has 0 saturated carbocycles. The van der Waals surface area contributed by atoms with Crippen LogP contribution in [0.1, 0.15) is 19.4 Å². The van der Waals surface area contributed by atoms with Gasteiger partial charge in [0.05, 0.1) is 5.52 Å². The van der Waals surface area contributed by atoms with Crippen LogP contribution in [0.3, 0.4) is 0 Å². The second kappa shape index (κ2) is 4.16. The van der Waals surface area contributed by atoms with Crippen molar-refractivity contribution in [2.45, 2.75) is 19.4 Å². The monoisotopic (exact) mass is 305 g/mol.